The van der Waals surface area contributed by atoms with Crippen LogP contribution < -0.4 is 0 Å². The Balaban J connectivity index is 3.11. The highest BCUT2D eigenvalue weighted by Crippen LogP contribution is 2.05. The van der Waals surface area contributed by atoms with Crippen LogP contribution in [0.5, 0.6) is 0 Å². The van der Waals surface area contributed by atoms with Gasteiger partial charge in [0.25, 0.3) is 0 Å². The first-order valence-corrected chi connectivity index (χ1v) is 5.05. The Kier molecular flexibility index (Phi) is 7.35. The average molecular weight is 189 g/mol. The van der Waals surface area contributed by atoms with Gasteiger partial charge in [0.05, 0.1) is 13.6 Å². The maximum atomic E-state index is 10.3. The van der Waals surface area contributed by atoms with Crippen molar-refractivity contribution in [2.24, 2.45) is 0 Å². The molecule has 0 fully saturated rings. The Hall–Kier alpha value is -0.800. The highest BCUT2D eigenvalue weighted by Gasteiger charge is 2.10. The van der Waals surface area contributed by atoms with E-state index >= 15 is 0 Å². The van der Waals surface area contributed by atoms with E-state index in [0.29, 0.717) is 6.54 Å². The molecule has 0 unspecified atom stereocenters. The zero-order chi connectivity index (χ0) is 10.1. The Morgan fingerprint density at radius 1 is 1.15 bits per heavy atom. The van der Waals surface area contributed by atoms with Crippen molar-refractivity contribution in [2.45, 2.75) is 45.4 Å². The summed E-state index contributed by atoms with van der Waals surface area (Å²) in [4.78, 5) is 10.3. The summed E-state index contributed by atoms with van der Waals surface area (Å²) in [6, 6.07) is 0. The summed E-state index contributed by atoms with van der Waals surface area (Å²) in [6.45, 7) is 2.82. The first-order valence-electron chi connectivity index (χ1n) is 5.05. The van der Waals surface area contributed by atoms with Crippen LogP contribution in [0.3, 0.4) is 0 Å². The molecule has 0 radical (unpaired) electrons. The van der Waals surface area contributed by atoms with Crippen LogP contribution in [-0.4, -0.2) is 28.8 Å². The van der Waals surface area contributed by atoms with Gasteiger partial charge in [0.2, 0.25) is 0 Å². The van der Waals surface area contributed by atoms with Crippen molar-refractivity contribution < 1.29 is 10.2 Å². The quantitative estimate of drug-likeness (QED) is 0.471. The molecule has 0 aromatic carbocycles. The third kappa shape index (κ3) is 7.56. The van der Waals surface area contributed by atoms with E-state index in [2.05, 4.69) is 6.92 Å². The Morgan fingerprint density at radius 3 is 2.23 bits per heavy atom. The molecule has 4 nitrogen and oxygen atoms in total. The molecule has 0 aliphatic heterocycles. The molecule has 0 aliphatic rings. The monoisotopic (exact) mass is 189 g/mol. The van der Waals surface area contributed by atoms with Gasteiger partial charge in [0.1, 0.15) is 4.91 Å². The van der Waals surface area contributed by atoms with Crippen molar-refractivity contribution in [2.75, 3.05) is 13.6 Å². The molecule has 0 aliphatic carbocycles. The van der Waals surface area contributed by atoms with Crippen LogP contribution in [0.4, 0.5) is 0 Å². The molecule has 0 aromatic heterocycles. The van der Waals surface area contributed by atoms with Crippen LogP contribution in [0.2, 0.25) is 0 Å². The Morgan fingerprint density at radius 2 is 1.69 bits per heavy atom. The van der Waals surface area contributed by atoms with E-state index in [4.69, 9.17) is 5.21 Å². The number of hydrogen-bond donors (Lipinski definition) is 1. The van der Waals surface area contributed by atoms with Crippen LogP contribution in [0.15, 0.2) is 0 Å². The zero-order valence-corrected chi connectivity index (χ0v) is 8.70. The molecule has 0 amide bonds. The molecule has 78 valence electrons. The van der Waals surface area contributed by atoms with Gasteiger partial charge in [-0.2, -0.15) is 0 Å². The maximum Gasteiger partial charge on any atom is 0.356 e. The molecule has 0 heterocycles. The number of nitrogens with zero attached hydrogens (tertiary/aromatic N) is 2. The van der Waals surface area contributed by atoms with E-state index in [1.54, 1.807) is 7.05 Å². The molecule has 0 spiro atoms. The van der Waals surface area contributed by atoms with Crippen LogP contribution in [0, 0.1) is 4.91 Å². The lowest BCUT2D eigenvalue weighted by Gasteiger charge is -2.03. The number of hydrazine groups is 1. The second-order valence-electron chi connectivity index (χ2n) is 3.40. The predicted molar refractivity (Wildman–Crippen MR) is 51.4 cm³/mol. The van der Waals surface area contributed by atoms with Crippen LogP contribution in [0.25, 0.3) is 0 Å². The van der Waals surface area contributed by atoms with Gasteiger partial charge in [-0.15, -0.1) is 0 Å². The van der Waals surface area contributed by atoms with Crippen molar-refractivity contribution in [3.8, 4) is 0 Å². The molecule has 0 rings (SSSR count). The van der Waals surface area contributed by atoms with E-state index in [1.807, 2.05) is 0 Å². The molecule has 13 heavy (non-hydrogen) atoms. The van der Waals surface area contributed by atoms with Crippen LogP contribution in [-0.2, 0) is 0 Å². The van der Waals surface area contributed by atoms with E-state index in [9.17, 15) is 4.91 Å². The van der Waals surface area contributed by atoms with Gasteiger partial charge < -0.3 is 0 Å². The first-order chi connectivity index (χ1) is 6.18. The fraction of sp³-hybridized carbons (Fsp3) is 1.00. The Labute approximate surface area is 80.0 Å². The van der Waals surface area contributed by atoms with E-state index < -0.39 is 0 Å². The summed E-state index contributed by atoms with van der Waals surface area (Å²) in [6.07, 6.45) is 7.17. The highest BCUT2D eigenvalue weighted by molar-refractivity contribution is 4.44. The SMILES string of the molecule is CCCCCCCCN(C)[N+](=O)O. The second kappa shape index (κ2) is 7.83. The standard InChI is InChI=1S/C9H21N2O2/c1-3-4-5-6-7-8-9-10(2)11(12)13/h3-9H2,1-2H3,(H,12,13)/q+1. The van der Waals surface area contributed by atoms with Crippen LogP contribution >= 0.6 is 0 Å². The summed E-state index contributed by atoms with van der Waals surface area (Å²) >= 11 is 0. The van der Waals surface area contributed by atoms with Crippen molar-refractivity contribution >= 4 is 0 Å². The van der Waals surface area contributed by atoms with Crippen LogP contribution in [0.1, 0.15) is 45.4 Å². The normalized spacial score (nSPS) is 10.0. The van der Waals surface area contributed by atoms with Gasteiger partial charge in [-0.25, -0.2) is 5.21 Å². The van der Waals surface area contributed by atoms with Gasteiger partial charge in [-0.3, -0.25) is 0 Å². The lowest BCUT2D eigenvalue weighted by atomic mass is 10.1. The minimum absolute atomic E-state index is 0.105. The van der Waals surface area contributed by atoms with Gasteiger partial charge >= 0.3 is 5.03 Å². The van der Waals surface area contributed by atoms with Crippen molar-refractivity contribution in [3.63, 3.8) is 0 Å². The third-order valence-electron chi connectivity index (χ3n) is 2.13. The minimum Gasteiger partial charge on any atom is -0.219 e. The van der Waals surface area contributed by atoms with E-state index in [-0.39, 0.29) is 5.03 Å². The maximum absolute atomic E-state index is 10.3. The van der Waals surface area contributed by atoms with Crippen molar-refractivity contribution in [1.82, 2.24) is 5.01 Å². The summed E-state index contributed by atoms with van der Waals surface area (Å²) < 4.78 is 0. The second-order valence-corrected chi connectivity index (χ2v) is 3.40. The summed E-state index contributed by atoms with van der Waals surface area (Å²) in [5, 5.41) is 9.62. The predicted octanol–water partition coefficient (Wildman–Crippen LogP) is 2.36. The van der Waals surface area contributed by atoms with E-state index in [0.717, 1.165) is 12.8 Å². The molecular formula is C9H21N2O2+. The highest BCUT2D eigenvalue weighted by atomic mass is 16.7. The fourth-order valence-electron chi connectivity index (χ4n) is 1.21. The largest absolute Gasteiger partial charge is 0.356 e. The van der Waals surface area contributed by atoms with Gasteiger partial charge in [-0.05, 0) is 6.42 Å². The zero-order valence-electron chi connectivity index (χ0n) is 8.70. The Bertz CT molecular complexity index is 140. The number of rotatable bonds is 8. The molecule has 0 aromatic rings. The lowest BCUT2D eigenvalue weighted by Crippen LogP contribution is -2.27. The molecule has 0 saturated heterocycles. The fourth-order valence-corrected chi connectivity index (χ4v) is 1.21. The molecule has 0 atom stereocenters. The minimum atomic E-state index is -0.105. The van der Waals surface area contributed by atoms with Gasteiger partial charge in [0.15, 0.2) is 0 Å². The van der Waals surface area contributed by atoms with Gasteiger partial charge in [0, 0.05) is 0 Å². The van der Waals surface area contributed by atoms with E-state index in [1.165, 1.54) is 30.7 Å². The summed E-state index contributed by atoms with van der Waals surface area (Å²) in [5.74, 6) is 0. The molecule has 0 bridgehead atoms. The molecule has 4 heteroatoms. The van der Waals surface area contributed by atoms with Gasteiger partial charge in [-0.1, -0.05) is 44.0 Å². The molecule has 1 N–H and O–H groups in total. The first kappa shape index (κ1) is 12.2. The number of unbranched alkanes of at least 4 members (excludes halogenated alkanes) is 5. The molecule has 0 saturated carbocycles. The third-order valence-corrected chi connectivity index (χ3v) is 2.13. The molecular weight excluding hydrogens is 168 g/mol. The average Bonchev–Trinajstić information content (AvgIpc) is 2.10. The van der Waals surface area contributed by atoms with Crippen molar-refractivity contribution in [1.29, 1.82) is 0 Å². The summed E-state index contributed by atoms with van der Waals surface area (Å²) in [7, 11) is 1.58. The smallest absolute Gasteiger partial charge is 0.219 e. The number of hydrogen-bond acceptors (Lipinski definition) is 1. The summed E-state index contributed by atoms with van der Waals surface area (Å²) in [5.41, 5.74) is 0. The lowest BCUT2D eigenvalue weighted by molar-refractivity contribution is -0.899. The topological polar surface area (TPSA) is 43.5 Å². The van der Waals surface area contributed by atoms with Crippen molar-refractivity contribution in [3.05, 3.63) is 4.91 Å².